The van der Waals surface area contributed by atoms with Crippen LogP contribution in [-0.4, -0.2) is 23.8 Å². The molecule has 0 atom stereocenters. The third-order valence-corrected chi connectivity index (χ3v) is 2.60. The Kier molecular flexibility index (Phi) is 4.37. The molecule has 1 aromatic rings. The highest BCUT2D eigenvalue weighted by Gasteiger charge is 2.23. The molecule has 0 radical (unpaired) electrons. The zero-order valence-electron chi connectivity index (χ0n) is 10.4. The van der Waals surface area contributed by atoms with Crippen molar-refractivity contribution in [3.63, 3.8) is 0 Å². The summed E-state index contributed by atoms with van der Waals surface area (Å²) in [7, 11) is 0. The number of carbonyl (C=O) groups is 1. The van der Waals surface area contributed by atoms with Crippen LogP contribution in [0.3, 0.4) is 0 Å². The fourth-order valence-electron chi connectivity index (χ4n) is 1.49. The predicted octanol–water partition coefficient (Wildman–Crippen LogP) is 1.84. The first-order valence-electron chi connectivity index (χ1n) is 6.16. The van der Waals surface area contributed by atoms with Crippen molar-refractivity contribution in [2.75, 3.05) is 11.9 Å². The Hall–Kier alpha value is -2.06. The molecule has 5 heteroatoms. The Labute approximate surface area is 111 Å². The second kappa shape index (κ2) is 6.21. The van der Waals surface area contributed by atoms with Crippen LogP contribution in [0, 0.1) is 17.7 Å². The zero-order valence-corrected chi connectivity index (χ0v) is 10.4. The number of hydrogen-bond donors (Lipinski definition) is 3. The Balaban J connectivity index is 1.97. The molecule has 0 spiro atoms. The molecular weight excluding hydrogens is 247 g/mol. The molecule has 1 saturated carbocycles. The molecule has 1 fully saturated rings. The van der Waals surface area contributed by atoms with E-state index < -0.39 is 5.82 Å². The van der Waals surface area contributed by atoms with Gasteiger partial charge >= 0.3 is 6.03 Å². The van der Waals surface area contributed by atoms with Crippen LogP contribution in [0.4, 0.5) is 14.9 Å². The first-order valence-corrected chi connectivity index (χ1v) is 6.16. The highest BCUT2D eigenvalue weighted by molar-refractivity contribution is 5.89. The third-order valence-electron chi connectivity index (χ3n) is 2.60. The van der Waals surface area contributed by atoms with E-state index in [0.29, 0.717) is 12.1 Å². The fraction of sp³-hybridized carbons (Fsp3) is 0.357. The maximum atomic E-state index is 13.7. The molecule has 0 unspecified atom stereocenters. The topological polar surface area (TPSA) is 61.4 Å². The lowest BCUT2D eigenvalue weighted by molar-refractivity contribution is 0.251. The summed E-state index contributed by atoms with van der Waals surface area (Å²) in [4.78, 5) is 11.5. The van der Waals surface area contributed by atoms with Crippen LogP contribution < -0.4 is 10.6 Å². The van der Waals surface area contributed by atoms with Crippen molar-refractivity contribution in [3.05, 3.63) is 29.6 Å². The van der Waals surface area contributed by atoms with Crippen LogP contribution >= 0.6 is 0 Å². The summed E-state index contributed by atoms with van der Waals surface area (Å²) in [5.41, 5.74) is 0.643. The number of urea groups is 1. The van der Waals surface area contributed by atoms with Crippen LogP contribution in [0.2, 0.25) is 0 Å². The molecule has 0 aromatic heterocycles. The SMILES string of the molecule is O=C(Nc1ccc(C#CCCO)c(F)c1)NC1CC1. The van der Waals surface area contributed by atoms with E-state index in [0.717, 1.165) is 12.8 Å². The number of hydrogen-bond acceptors (Lipinski definition) is 2. The Morgan fingerprint density at radius 3 is 2.89 bits per heavy atom. The van der Waals surface area contributed by atoms with Gasteiger partial charge in [-0.25, -0.2) is 9.18 Å². The average molecular weight is 262 g/mol. The quantitative estimate of drug-likeness (QED) is 0.728. The van der Waals surface area contributed by atoms with E-state index in [2.05, 4.69) is 22.5 Å². The van der Waals surface area contributed by atoms with Gasteiger partial charge in [-0.3, -0.25) is 0 Å². The molecule has 1 aliphatic rings. The maximum absolute atomic E-state index is 13.7. The average Bonchev–Trinajstić information content (AvgIpc) is 3.16. The number of anilines is 1. The van der Waals surface area contributed by atoms with Crippen LogP contribution in [0.1, 0.15) is 24.8 Å². The minimum atomic E-state index is -0.491. The fourth-order valence-corrected chi connectivity index (χ4v) is 1.49. The summed E-state index contributed by atoms with van der Waals surface area (Å²) >= 11 is 0. The smallest absolute Gasteiger partial charge is 0.319 e. The van der Waals surface area contributed by atoms with Gasteiger partial charge in [0.15, 0.2) is 0 Å². The van der Waals surface area contributed by atoms with Gasteiger partial charge in [0.1, 0.15) is 5.82 Å². The van der Waals surface area contributed by atoms with Gasteiger partial charge in [0.05, 0.1) is 12.2 Å². The maximum Gasteiger partial charge on any atom is 0.319 e. The molecule has 0 aliphatic heterocycles. The summed E-state index contributed by atoms with van der Waals surface area (Å²) in [6.45, 7) is -0.0460. The van der Waals surface area contributed by atoms with Crippen molar-refractivity contribution in [2.45, 2.75) is 25.3 Å². The number of aliphatic hydroxyl groups is 1. The van der Waals surface area contributed by atoms with Gasteiger partial charge in [0, 0.05) is 18.2 Å². The summed E-state index contributed by atoms with van der Waals surface area (Å²) in [6, 6.07) is 4.27. The molecule has 1 aromatic carbocycles. The third kappa shape index (κ3) is 4.27. The summed E-state index contributed by atoms with van der Waals surface area (Å²) < 4.78 is 13.7. The number of halogens is 1. The minimum absolute atomic E-state index is 0.0460. The molecule has 0 bridgehead atoms. The van der Waals surface area contributed by atoms with Gasteiger partial charge < -0.3 is 15.7 Å². The van der Waals surface area contributed by atoms with Crippen molar-refractivity contribution in [1.29, 1.82) is 0 Å². The lowest BCUT2D eigenvalue weighted by atomic mass is 10.2. The van der Waals surface area contributed by atoms with E-state index in [-0.39, 0.29) is 24.2 Å². The van der Waals surface area contributed by atoms with Gasteiger partial charge in [0.25, 0.3) is 0 Å². The van der Waals surface area contributed by atoms with Gasteiger partial charge in [-0.1, -0.05) is 11.8 Å². The molecule has 4 nitrogen and oxygen atoms in total. The minimum Gasteiger partial charge on any atom is -0.395 e. The molecule has 2 rings (SSSR count). The van der Waals surface area contributed by atoms with Gasteiger partial charge in [-0.2, -0.15) is 0 Å². The Bertz CT molecular complexity index is 530. The van der Waals surface area contributed by atoms with Crippen molar-refractivity contribution < 1.29 is 14.3 Å². The summed E-state index contributed by atoms with van der Waals surface area (Å²) in [6.07, 6.45) is 2.31. The molecule has 2 amide bonds. The van der Waals surface area contributed by atoms with Gasteiger partial charge in [-0.05, 0) is 31.0 Å². The van der Waals surface area contributed by atoms with Crippen molar-refractivity contribution in [1.82, 2.24) is 5.32 Å². The van der Waals surface area contributed by atoms with Crippen LogP contribution in [0.25, 0.3) is 0 Å². The molecule has 1 aliphatic carbocycles. The summed E-state index contributed by atoms with van der Waals surface area (Å²) in [5.74, 6) is 4.78. The van der Waals surface area contributed by atoms with Crippen LogP contribution in [-0.2, 0) is 0 Å². The summed E-state index contributed by atoms with van der Waals surface area (Å²) in [5, 5.41) is 13.9. The molecule has 19 heavy (non-hydrogen) atoms. The molecular formula is C14H15FN2O2. The normalized spacial score (nSPS) is 13.4. The second-order valence-corrected chi connectivity index (χ2v) is 4.34. The van der Waals surface area contributed by atoms with E-state index in [9.17, 15) is 9.18 Å². The second-order valence-electron chi connectivity index (χ2n) is 4.34. The number of nitrogens with one attached hydrogen (secondary N) is 2. The molecule has 0 saturated heterocycles. The monoisotopic (exact) mass is 262 g/mol. The van der Waals surface area contributed by atoms with E-state index in [1.54, 1.807) is 6.07 Å². The predicted molar refractivity (Wildman–Crippen MR) is 70.2 cm³/mol. The number of rotatable bonds is 3. The van der Waals surface area contributed by atoms with Crippen LogP contribution in [0.5, 0.6) is 0 Å². The van der Waals surface area contributed by atoms with Crippen LogP contribution in [0.15, 0.2) is 18.2 Å². The number of amides is 2. The number of benzene rings is 1. The van der Waals surface area contributed by atoms with Crippen molar-refractivity contribution >= 4 is 11.7 Å². The molecule has 0 heterocycles. The lowest BCUT2D eigenvalue weighted by Crippen LogP contribution is -2.30. The van der Waals surface area contributed by atoms with Crippen molar-refractivity contribution in [2.24, 2.45) is 0 Å². The molecule has 100 valence electrons. The number of carbonyl (C=O) groups excluding carboxylic acids is 1. The van der Waals surface area contributed by atoms with E-state index in [1.165, 1.54) is 12.1 Å². The largest absolute Gasteiger partial charge is 0.395 e. The Morgan fingerprint density at radius 1 is 1.47 bits per heavy atom. The van der Waals surface area contributed by atoms with E-state index >= 15 is 0 Å². The first kappa shape index (κ1) is 13.4. The Morgan fingerprint density at radius 2 is 2.26 bits per heavy atom. The first-order chi connectivity index (χ1) is 9.19. The molecule has 3 N–H and O–H groups in total. The van der Waals surface area contributed by atoms with Gasteiger partial charge in [0.2, 0.25) is 0 Å². The van der Waals surface area contributed by atoms with Gasteiger partial charge in [-0.15, -0.1) is 0 Å². The zero-order chi connectivity index (χ0) is 13.7. The lowest BCUT2D eigenvalue weighted by Gasteiger charge is -2.06. The standard InChI is InChI=1S/C14H15FN2O2/c15-13-9-12(17-14(19)16-11-6-7-11)5-4-10(13)3-1-2-8-18/h4-5,9,11,18H,2,6-8H2,(H2,16,17,19). The van der Waals surface area contributed by atoms with Crippen molar-refractivity contribution in [3.8, 4) is 11.8 Å². The van der Waals surface area contributed by atoms with E-state index in [4.69, 9.17) is 5.11 Å². The highest BCUT2D eigenvalue weighted by Crippen LogP contribution is 2.19. The number of aliphatic hydroxyl groups excluding tert-OH is 1. The highest BCUT2D eigenvalue weighted by atomic mass is 19.1. The van der Waals surface area contributed by atoms with E-state index in [1.807, 2.05) is 0 Å².